The van der Waals surface area contributed by atoms with E-state index in [2.05, 4.69) is 31.3 Å². The van der Waals surface area contributed by atoms with Gasteiger partial charge in [-0.05, 0) is 30.8 Å². The molecule has 2 N–H and O–H groups in total. The molecule has 0 fully saturated rings. The Bertz CT molecular complexity index is 1400. The van der Waals surface area contributed by atoms with Gasteiger partial charge in [0.1, 0.15) is 6.17 Å². The minimum Gasteiger partial charge on any atom is -0.372 e. The van der Waals surface area contributed by atoms with Gasteiger partial charge in [0.15, 0.2) is 11.4 Å². The summed E-state index contributed by atoms with van der Waals surface area (Å²) in [6.45, 7) is 1.71. The number of halogens is 4. The van der Waals surface area contributed by atoms with E-state index >= 15 is 0 Å². The van der Waals surface area contributed by atoms with Crippen LogP contribution in [0.5, 0.6) is 0 Å². The first kappa shape index (κ1) is 29.4. The zero-order valence-corrected chi connectivity index (χ0v) is 22.3. The van der Waals surface area contributed by atoms with E-state index in [0.29, 0.717) is 0 Å². The van der Waals surface area contributed by atoms with Crippen LogP contribution in [0.4, 0.5) is 17.6 Å². The Balaban J connectivity index is 1.22. The number of aryl methyl sites for hydroxylation is 1. The second kappa shape index (κ2) is 12.7. The number of alkyl halides is 4. The van der Waals surface area contributed by atoms with Crippen LogP contribution < -0.4 is 10.6 Å². The molecule has 15 heteroatoms. The zero-order valence-electron chi connectivity index (χ0n) is 22.3. The Hall–Kier alpha value is -4.56. The molecule has 2 unspecified atom stereocenters. The summed E-state index contributed by atoms with van der Waals surface area (Å²) >= 11 is 0. The smallest absolute Gasteiger partial charge is 0.372 e. The predicted octanol–water partition coefficient (Wildman–Crippen LogP) is 2.84. The molecule has 3 heterocycles. The van der Waals surface area contributed by atoms with Crippen LogP contribution >= 0.6 is 0 Å². The van der Waals surface area contributed by atoms with Crippen molar-refractivity contribution in [3.05, 3.63) is 83.6 Å². The van der Waals surface area contributed by atoms with Crippen LogP contribution in [0.15, 0.2) is 66.7 Å². The average molecular weight is 576 g/mol. The molecule has 2 amide bonds. The topological polar surface area (TPSA) is 123 Å². The summed E-state index contributed by atoms with van der Waals surface area (Å²) in [5.74, 6) is -1.05. The number of benzene rings is 1. The van der Waals surface area contributed by atoms with Gasteiger partial charge in [0.2, 0.25) is 0 Å². The molecule has 11 nitrogen and oxygen atoms in total. The number of allylic oxidation sites excluding steroid dienone is 2. The maximum absolute atomic E-state index is 14.6. The normalized spacial score (nSPS) is 16.7. The third-order valence-corrected chi connectivity index (χ3v) is 6.43. The van der Waals surface area contributed by atoms with Gasteiger partial charge in [0.05, 0.1) is 36.6 Å². The van der Waals surface area contributed by atoms with E-state index < -0.39 is 35.8 Å². The summed E-state index contributed by atoms with van der Waals surface area (Å²) in [6, 6.07) is 8.49. The van der Waals surface area contributed by atoms with Crippen molar-refractivity contribution in [2.75, 3.05) is 13.6 Å². The predicted molar refractivity (Wildman–Crippen MR) is 139 cm³/mol. The van der Waals surface area contributed by atoms with Gasteiger partial charge in [-0.1, -0.05) is 40.8 Å². The molecular weight excluding hydrogens is 546 g/mol. The van der Waals surface area contributed by atoms with Crippen molar-refractivity contribution in [1.29, 1.82) is 0 Å². The fraction of sp³-hybridized carbons (Fsp3) is 0.385. The average Bonchev–Trinajstić information content (AvgIpc) is 3.61. The van der Waals surface area contributed by atoms with E-state index in [1.54, 1.807) is 7.05 Å². The van der Waals surface area contributed by atoms with Gasteiger partial charge in [-0.2, -0.15) is 13.2 Å². The fourth-order valence-corrected chi connectivity index (χ4v) is 4.03. The molecule has 1 aliphatic heterocycles. The Labute approximate surface area is 232 Å². The van der Waals surface area contributed by atoms with Crippen LogP contribution in [-0.4, -0.2) is 78.7 Å². The Morgan fingerprint density at radius 1 is 1.02 bits per heavy atom. The highest BCUT2D eigenvalue weighted by atomic mass is 19.4. The second-order valence-corrected chi connectivity index (χ2v) is 9.56. The summed E-state index contributed by atoms with van der Waals surface area (Å²) in [7, 11) is 1.59. The van der Waals surface area contributed by atoms with Crippen molar-refractivity contribution in [1.82, 2.24) is 45.5 Å². The molecule has 0 saturated heterocycles. The first-order valence-electron chi connectivity index (χ1n) is 12.8. The maximum Gasteiger partial charge on any atom is 0.416 e. The Morgan fingerprint density at radius 2 is 1.68 bits per heavy atom. The van der Waals surface area contributed by atoms with Crippen LogP contribution in [0, 0.1) is 0 Å². The lowest BCUT2D eigenvalue weighted by Crippen LogP contribution is -2.40. The summed E-state index contributed by atoms with van der Waals surface area (Å²) in [4.78, 5) is 26.5. The highest BCUT2D eigenvalue weighted by Gasteiger charge is 2.34. The monoisotopic (exact) mass is 575 g/mol. The summed E-state index contributed by atoms with van der Waals surface area (Å²) in [5, 5.41) is 20.6. The number of amides is 2. The molecule has 0 spiro atoms. The van der Waals surface area contributed by atoms with E-state index in [-0.39, 0.29) is 43.5 Å². The lowest BCUT2D eigenvalue weighted by Gasteiger charge is -2.28. The molecule has 41 heavy (non-hydrogen) atoms. The van der Waals surface area contributed by atoms with Gasteiger partial charge in [0, 0.05) is 26.6 Å². The SMILES string of the molecule is C[C@H](NC(=O)c1cn(CCC(F)Cn2cc(C(=O)NCC3C=C(C(F)(F)F)C=CN3C)nn2)nn1)c1ccccc1. The van der Waals surface area contributed by atoms with Crippen molar-refractivity contribution in [3.63, 3.8) is 0 Å². The van der Waals surface area contributed by atoms with Crippen LogP contribution in [-0.2, 0) is 13.1 Å². The van der Waals surface area contributed by atoms with Gasteiger partial charge in [-0.25, -0.2) is 9.07 Å². The number of aromatic nitrogens is 6. The highest BCUT2D eigenvalue weighted by molar-refractivity contribution is 5.92. The third-order valence-electron chi connectivity index (χ3n) is 6.43. The van der Waals surface area contributed by atoms with E-state index in [9.17, 15) is 27.2 Å². The number of carbonyl (C=O) groups is 2. The van der Waals surface area contributed by atoms with Crippen LogP contribution in [0.3, 0.4) is 0 Å². The molecule has 218 valence electrons. The first-order valence-corrected chi connectivity index (χ1v) is 12.8. The summed E-state index contributed by atoms with van der Waals surface area (Å²) in [5.41, 5.74) is 0.157. The van der Waals surface area contributed by atoms with E-state index in [1.165, 1.54) is 32.9 Å². The molecule has 2 aromatic heterocycles. The van der Waals surface area contributed by atoms with Crippen LogP contribution in [0.2, 0.25) is 0 Å². The van der Waals surface area contributed by atoms with E-state index in [4.69, 9.17) is 0 Å². The lowest BCUT2D eigenvalue weighted by atomic mass is 10.1. The molecule has 0 radical (unpaired) electrons. The number of rotatable bonds is 11. The van der Waals surface area contributed by atoms with Crippen molar-refractivity contribution < 1.29 is 27.2 Å². The number of hydrogen-bond acceptors (Lipinski definition) is 7. The molecule has 3 aromatic rings. The number of nitrogens with zero attached hydrogens (tertiary/aromatic N) is 7. The number of hydrogen-bond donors (Lipinski definition) is 2. The molecule has 0 saturated carbocycles. The van der Waals surface area contributed by atoms with Crippen molar-refractivity contribution in [2.24, 2.45) is 0 Å². The number of likely N-dealkylation sites (N-methyl/N-ethyl adjacent to an activating group) is 1. The Morgan fingerprint density at radius 3 is 2.39 bits per heavy atom. The maximum atomic E-state index is 14.6. The molecule has 0 bridgehead atoms. The molecular formula is C26H29F4N9O2. The van der Waals surface area contributed by atoms with Crippen molar-refractivity contribution in [2.45, 2.75) is 50.9 Å². The van der Waals surface area contributed by atoms with Gasteiger partial charge in [-0.3, -0.25) is 14.3 Å². The molecule has 1 aliphatic rings. The molecule has 4 rings (SSSR count). The fourth-order valence-electron chi connectivity index (χ4n) is 4.03. The summed E-state index contributed by atoms with van der Waals surface area (Å²) in [6.07, 6.45) is 0.141. The third kappa shape index (κ3) is 7.99. The number of nitrogens with one attached hydrogen (secondary N) is 2. The minimum atomic E-state index is -4.49. The second-order valence-electron chi connectivity index (χ2n) is 9.56. The molecule has 0 aliphatic carbocycles. The van der Waals surface area contributed by atoms with E-state index in [0.717, 1.165) is 17.7 Å². The zero-order chi connectivity index (χ0) is 29.6. The minimum absolute atomic E-state index is 0.0294. The van der Waals surface area contributed by atoms with Gasteiger partial charge in [-0.15, -0.1) is 10.2 Å². The van der Waals surface area contributed by atoms with Gasteiger partial charge in [0.25, 0.3) is 11.8 Å². The highest BCUT2D eigenvalue weighted by Crippen LogP contribution is 2.29. The largest absolute Gasteiger partial charge is 0.416 e. The van der Waals surface area contributed by atoms with E-state index in [1.807, 2.05) is 37.3 Å². The van der Waals surface area contributed by atoms with Crippen molar-refractivity contribution in [3.8, 4) is 0 Å². The number of carbonyl (C=O) groups excluding carboxylic acids is 2. The van der Waals surface area contributed by atoms with Crippen LogP contribution in [0.25, 0.3) is 0 Å². The van der Waals surface area contributed by atoms with Crippen molar-refractivity contribution >= 4 is 11.8 Å². The Kier molecular flexibility index (Phi) is 9.14. The standard InChI is InChI=1S/C26H29F4N9O2/c1-17(18-6-4-3-5-7-18)32-25(41)23-15-38(35-34-23)11-9-20(27)14-39-16-22(33-36-39)24(40)31-13-21-12-19(26(28,29)30)8-10-37(21)2/h3-8,10,12,15-17,20-21H,9,11,13-14H2,1-2H3,(H,31,40)(H,32,41)/t17-,20?,21?/m0/s1. The van der Waals surface area contributed by atoms with Gasteiger partial charge < -0.3 is 15.5 Å². The molecule has 3 atom stereocenters. The molecule has 1 aromatic carbocycles. The first-order chi connectivity index (χ1) is 19.5. The van der Waals surface area contributed by atoms with Gasteiger partial charge >= 0.3 is 6.18 Å². The van der Waals surface area contributed by atoms with Crippen LogP contribution in [0.1, 0.15) is 45.9 Å². The summed E-state index contributed by atoms with van der Waals surface area (Å²) < 4.78 is 56.1. The quantitative estimate of drug-likeness (QED) is 0.337. The lowest BCUT2D eigenvalue weighted by molar-refractivity contribution is -0.0891.